The zero-order valence-electron chi connectivity index (χ0n) is 10.1. The van der Waals surface area contributed by atoms with E-state index in [-0.39, 0.29) is 10.9 Å². The third kappa shape index (κ3) is 3.51. The van der Waals surface area contributed by atoms with Crippen LogP contribution in [0.15, 0.2) is 12.1 Å². The number of carbonyl (C=O) groups is 1. The Morgan fingerprint density at radius 2 is 2.00 bits per heavy atom. The highest BCUT2D eigenvalue weighted by Gasteiger charge is 2.15. The summed E-state index contributed by atoms with van der Waals surface area (Å²) in [5.41, 5.74) is 6.45. The Morgan fingerprint density at radius 1 is 1.41 bits per heavy atom. The number of nitrogens with zero attached hydrogens (tertiary/aromatic N) is 1. The topological polar surface area (TPSA) is 46.3 Å². The van der Waals surface area contributed by atoms with Crippen LogP contribution in [0.3, 0.4) is 0 Å². The number of hydrogen-bond donors (Lipinski definition) is 1. The van der Waals surface area contributed by atoms with Gasteiger partial charge >= 0.3 is 0 Å². The molecule has 0 saturated carbocycles. The average Bonchev–Trinajstić information content (AvgIpc) is 2.23. The molecule has 0 saturated heterocycles. The molecule has 0 fully saturated rings. The number of nitrogen functional groups attached to an aromatic ring is 1. The predicted octanol–water partition coefficient (Wildman–Crippen LogP) is 3.30. The standard InChI is InChI=1S/C12H16Cl2N2O/c1-7(2)6-16(3)12(17)8-4-9(13)11(14)10(15)5-8/h4-5,7H,6,15H2,1-3H3. The molecule has 1 aromatic carbocycles. The molecule has 0 heterocycles. The highest BCUT2D eigenvalue weighted by atomic mass is 35.5. The molecule has 3 nitrogen and oxygen atoms in total. The minimum Gasteiger partial charge on any atom is -0.397 e. The van der Waals surface area contributed by atoms with Crippen molar-refractivity contribution in [2.75, 3.05) is 19.3 Å². The molecular formula is C12H16Cl2N2O. The monoisotopic (exact) mass is 274 g/mol. The molecule has 1 rings (SSSR count). The van der Waals surface area contributed by atoms with Crippen LogP contribution >= 0.6 is 23.2 Å². The van der Waals surface area contributed by atoms with Crippen molar-refractivity contribution < 1.29 is 4.79 Å². The molecule has 0 aromatic heterocycles. The van der Waals surface area contributed by atoms with E-state index in [1.165, 1.54) is 0 Å². The molecule has 1 aromatic rings. The van der Waals surface area contributed by atoms with E-state index in [9.17, 15) is 4.79 Å². The van der Waals surface area contributed by atoms with Gasteiger partial charge in [-0.25, -0.2) is 0 Å². The molecule has 0 aliphatic heterocycles. The van der Waals surface area contributed by atoms with Gasteiger partial charge in [-0.2, -0.15) is 0 Å². The van der Waals surface area contributed by atoms with Crippen LogP contribution in [0, 0.1) is 5.92 Å². The van der Waals surface area contributed by atoms with Crippen LogP contribution in [0.2, 0.25) is 10.0 Å². The van der Waals surface area contributed by atoms with Crippen molar-refractivity contribution in [2.24, 2.45) is 5.92 Å². The SMILES string of the molecule is CC(C)CN(C)C(=O)c1cc(N)c(Cl)c(Cl)c1. The number of anilines is 1. The summed E-state index contributed by atoms with van der Waals surface area (Å²) in [5, 5.41) is 0.586. The zero-order valence-corrected chi connectivity index (χ0v) is 11.6. The molecule has 1 amide bonds. The molecule has 0 radical (unpaired) electrons. The van der Waals surface area contributed by atoms with Gasteiger partial charge in [0.2, 0.25) is 0 Å². The molecule has 0 bridgehead atoms. The minimum absolute atomic E-state index is 0.107. The maximum absolute atomic E-state index is 12.1. The third-order valence-corrected chi connectivity index (χ3v) is 3.11. The molecule has 0 atom stereocenters. The Morgan fingerprint density at radius 3 is 2.47 bits per heavy atom. The smallest absolute Gasteiger partial charge is 0.253 e. The van der Waals surface area contributed by atoms with Crippen LogP contribution in [0.4, 0.5) is 5.69 Å². The summed E-state index contributed by atoms with van der Waals surface area (Å²) in [4.78, 5) is 13.7. The summed E-state index contributed by atoms with van der Waals surface area (Å²) in [6, 6.07) is 3.09. The lowest BCUT2D eigenvalue weighted by Crippen LogP contribution is -2.30. The van der Waals surface area contributed by atoms with Crippen molar-refractivity contribution in [1.29, 1.82) is 0 Å². The van der Waals surface area contributed by atoms with Crippen LogP contribution in [0.5, 0.6) is 0 Å². The molecule has 0 aliphatic carbocycles. The van der Waals surface area contributed by atoms with E-state index in [0.717, 1.165) is 0 Å². The first kappa shape index (κ1) is 14.1. The summed E-state index contributed by atoms with van der Waals surface area (Å²) in [6.07, 6.45) is 0. The highest BCUT2D eigenvalue weighted by molar-refractivity contribution is 6.43. The van der Waals surface area contributed by atoms with Gasteiger partial charge in [-0.15, -0.1) is 0 Å². The Kier molecular flexibility index (Phi) is 4.66. The molecule has 0 aliphatic rings. The van der Waals surface area contributed by atoms with Crippen LogP contribution in [-0.2, 0) is 0 Å². The molecule has 17 heavy (non-hydrogen) atoms. The lowest BCUT2D eigenvalue weighted by molar-refractivity contribution is 0.0779. The quantitative estimate of drug-likeness (QED) is 0.860. The number of nitrogens with two attached hydrogens (primary N) is 1. The van der Waals surface area contributed by atoms with E-state index in [1.54, 1.807) is 24.1 Å². The van der Waals surface area contributed by atoms with Crippen LogP contribution < -0.4 is 5.73 Å². The second-order valence-corrected chi connectivity index (χ2v) is 5.23. The van der Waals surface area contributed by atoms with Gasteiger partial charge in [-0.05, 0) is 18.1 Å². The number of rotatable bonds is 3. The van der Waals surface area contributed by atoms with Crippen molar-refractivity contribution >= 4 is 34.8 Å². The van der Waals surface area contributed by atoms with E-state index in [0.29, 0.717) is 28.7 Å². The molecular weight excluding hydrogens is 259 g/mol. The Labute approximate surface area is 111 Å². The van der Waals surface area contributed by atoms with Gasteiger partial charge in [0, 0.05) is 19.2 Å². The first-order valence-electron chi connectivity index (χ1n) is 5.33. The van der Waals surface area contributed by atoms with E-state index < -0.39 is 0 Å². The summed E-state index contributed by atoms with van der Waals surface area (Å²) in [7, 11) is 1.75. The van der Waals surface area contributed by atoms with Crippen molar-refractivity contribution in [3.8, 4) is 0 Å². The fraction of sp³-hybridized carbons (Fsp3) is 0.417. The fourth-order valence-corrected chi connectivity index (χ4v) is 1.92. The second-order valence-electron chi connectivity index (χ2n) is 4.44. The van der Waals surface area contributed by atoms with Gasteiger partial charge in [0.05, 0.1) is 15.7 Å². The Bertz CT molecular complexity index is 410. The molecule has 0 spiro atoms. The van der Waals surface area contributed by atoms with E-state index in [4.69, 9.17) is 28.9 Å². The number of halogens is 2. The molecule has 5 heteroatoms. The Balaban J connectivity index is 2.97. The zero-order chi connectivity index (χ0) is 13.2. The molecule has 94 valence electrons. The third-order valence-electron chi connectivity index (χ3n) is 2.29. The second kappa shape index (κ2) is 5.61. The van der Waals surface area contributed by atoms with Gasteiger partial charge < -0.3 is 10.6 Å². The lowest BCUT2D eigenvalue weighted by Gasteiger charge is -2.19. The molecule has 2 N–H and O–H groups in total. The molecule has 0 unspecified atom stereocenters. The van der Waals surface area contributed by atoms with E-state index in [1.807, 2.05) is 13.8 Å². The minimum atomic E-state index is -0.107. The van der Waals surface area contributed by atoms with Gasteiger partial charge in [0.15, 0.2) is 0 Å². The maximum Gasteiger partial charge on any atom is 0.253 e. The van der Waals surface area contributed by atoms with Crippen LogP contribution in [-0.4, -0.2) is 24.4 Å². The van der Waals surface area contributed by atoms with Crippen molar-refractivity contribution in [3.63, 3.8) is 0 Å². The first-order chi connectivity index (χ1) is 7.82. The highest BCUT2D eigenvalue weighted by Crippen LogP contribution is 2.29. The van der Waals surface area contributed by atoms with Crippen molar-refractivity contribution in [1.82, 2.24) is 4.90 Å². The average molecular weight is 275 g/mol. The normalized spacial score (nSPS) is 10.7. The fourth-order valence-electron chi connectivity index (χ4n) is 1.58. The summed E-state index contributed by atoms with van der Waals surface area (Å²) in [5.74, 6) is 0.299. The summed E-state index contributed by atoms with van der Waals surface area (Å²) in [6.45, 7) is 4.78. The van der Waals surface area contributed by atoms with Gasteiger partial charge in [0.25, 0.3) is 5.91 Å². The number of benzene rings is 1. The Hall–Kier alpha value is -0.930. The van der Waals surface area contributed by atoms with Crippen molar-refractivity contribution in [3.05, 3.63) is 27.7 Å². The van der Waals surface area contributed by atoms with Crippen LogP contribution in [0.25, 0.3) is 0 Å². The largest absolute Gasteiger partial charge is 0.397 e. The number of carbonyl (C=O) groups excluding carboxylic acids is 1. The first-order valence-corrected chi connectivity index (χ1v) is 6.08. The lowest BCUT2D eigenvalue weighted by atomic mass is 10.1. The van der Waals surface area contributed by atoms with Crippen LogP contribution in [0.1, 0.15) is 24.2 Å². The van der Waals surface area contributed by atoms with E-state index in [2.05, 4.69) is 0 Å². The number of hydrogen-bond acceptors (Lipinski definition) is 2. The van der Waals surface area contributed by atoms with Gasteiger partial charge in [0.1, 0.15) is 0 Å². The number of amides is 1. The summed E-state index contributed by atoms with van der Waals surface area (Å²) >= 11 is 11.7. The van der Waals surface area contributed by atoms with Gasteiger partial charge in [-0.1, -0.05) is 37.0 Å². The van der Waals surface area contributed by atoms with Gasteiger partial charge in [-0.3, -0.25) is 4.79 Å². The maximum atomic E-state index is 12.1. The predicted molar refractivity (Wildman–Crippen MR) is 72.7 cm³/mol. The van der Waals surface area contributed by atoms with Crippen molar-refractivity contribution in [2.45, 2.75) is 13.8 Å². The summed E-state index contributed by atoms with van der Waals surface area (Å²) < 4.78 is 0. The van der Waals surface area contributed by atoms with E-state index >= 15 is 0 Å².